The van der Waals surface area contributed by atoms with Crippen molar-refractivity contribution in [2.45, 2.75) is 0 Å². The minimum atomic E-state index is -1.07. The van der Waals surface area contributed by atoms with Crippen LogP contribution in [0.15, 0.2) is 28.7 Å². The molecule has 0 aliphatic heterocycles. The number of aromatic carboxylic acids is 1. The van der Waals surface area contributed by atoms with Crippen LogP contribution >= 0.6 is 11.6 Å². The zero-order valence-corrected chi connectivity index (χ0v) is 7.21. The average molecular weight is 197 g/mol. The zero-order chi connectivity index (χ0) is 9.42. The number of carboxylic acids is 1. The van der Waals surface area contributed by atoms with Crippen molar-refractivity contribution in [1.29, 1.82) is 0 Å². The molecular weight excluding hydrogens is 192 g/mol. The molecule has 1 N–H and O–H groups in total. The maximum Gasteiger partial charge on any atom is 0.341 e. The van der Waals surface area contributed by atoms with E-state index < -0.39 is 5.97 Å². The Kier molecular flexibility index (Phi) is 1.74. The lowest BCUT2D eigenvalue weighted by Gasteiger charge is -1.88. The Hall–Kier alpha value is -1.48. The van der Waals surface area contributed by atoms with E-state index in [1.54, 1.807) is 24.3 Å². The van der Waals surface area contributed by atoms with Crippen molar-refractivity contribution in [2.24, 2.45) is 0 Å². The molecule has 0 aliphatic rings. The smallest absolute Gasteiger partial charge is 0.341 e. The van der Waals surface area contributed by atoms with Crippen LogP contribution in [0, 0.1) is 0 Å². The van der Waals surface area contributed by atoms with Crippen LogP contribution in [0.2, 0.25) is 5.22 Å². The van der Waals surface area contributed by atoms with Crippen LogP contribution in [-0.4, -0.2) is 11.1 Å². The van der Waals surface area contributed by atoms with E-state index in [9.17, 15) is 4.79 Å². The highest BCUT2D eigenvalue weighted by molar-refractivity contribution is 6.33. The molecule has 0 unspecified atom stereocenters. The van der Waals surface area contributed by atoms with Gasteiger partial charge in [-0.15, -0.1) is 0 Å². The molecule has 0 spiro atoms. The van der Waals surface area contributed by atoms with E-state index in [0.29, 0.717) is 11.0 Å². The van der Waals surface area contributed by atoms with Crippen molar-refractivity contribution in [3.8, 4) is 0 Å². The highest BCUT2D eigenvalue weighted by atomic mass is 35.5. The topological polar surface area (TPSA) is 50.4 Å². The molecule has 0 radical (unpaired) electrons. The van der Waals surface area contributed by atoms with Crippen molar-refractivity contribution >= 4 is 28.5 Å². The van der Waals surface area contributed by atoms with Gasteiger partial charge in [-0.25, -0.2) is 4.79 Å². The minimum Gasteiger partial charge on any atom is -0.477 e. The second-order valence-electron chi connectivity index (χ2n) is 2.55. The first kappa shape index (κ1) is 8.13. The second kappa shape index (κ2) is 2.78. The van der Waals surface area contributed by atoms with Gasteiger partial charge in [-0.1, -0.05) is 18.2 Å². The molecular formula is C9H5ClO3. The van der Waals surface area contributed by atoms with Crippen LogP contribution in [-0.2, 0) is 0 Å². The zero-order valence-electron chi connectivity index (χ0n) is 6.45. The quantitative estimate of drug-likeness (QED) is 0.763. The van der Waals surface area contributed by atoms with Gasteiger partial charge in [-0.2, -0.15) is 0 Å². The van der Waals surface area contributed by atoms with Crippen LogP contribution in [0.5, 0.6) is 0 Å². The van der Waals surface area contributed by atoms with Crippen molar-refractivity contribution in [3.63, 3.8) is 0 Å². The molecule has 0 aliphatic carbocycles. The van der Waals surface area contributed by atoms with Gasteiger partial charge in [0.05, 0.1) is 0 Å². The summed E-state index contributed by atoms with van der Waals surface area (Å²) in [5, 5.41) is 9.26. The van der Waals surface area contributed by atoms with Crippen LogP contribution in [0.4, 0.5) is 0 Å². The number of furan rings is 1. The average Bonchev–Trinajstić information content (AvgIpc) is 2.39. The Morgan fingerprint density at radius 1 is 1.38 bits per heavy atom. The van der Waals surface area contributed by atoms with Crippen molar-refractivity contribution < 1.29 is 14.3 Å². The molecule has 66 valence electrons. The molecule has 0 saturated carbocycles. The number of hydrogen-bond acceptors (Lipinski definition) is 2. The van der Waals surface area contributed by atoms with Gasteiger partial charge in [-0.05, 0) is 17.7 Å². The van der Waals surface area contributed by atoms with E-state index in [2.05, 4.69) is 0 Å². The highest BCUT2D eigenvalue weighted by Crippen LogP contribution is 2.29. The first-order valence-electron chi connectivity index (χ1n) is 3.60. The number of halogens is 1. The highest BCUT2D eigenvalue weighted by Gasteiger charge is 2.17. The van der Waals surface area contributed by atoms with Crippen LogP contribution in [0.3, 0.4) is 0 Å². The van der Waals surface area contributed by atoms with Gasteiger partial charge in [0.1, 0.15) is 11.1 Å². The first-order valence-corrected chi connectivity index (χ1v) is 3.98. The summed E-state index contributed by atoms with van der Waals surface area (Å²) >= 11 is 5.62. The van der Waals surface area contributed by atoms with Crippen LogP contribution in [0.1, 0.15) is 10.4 Å². The molecule has 0 bridgehead atoms. The lowest BCUT2D eigenvalue weighted by Crippen LogP contribution is -1.94. The Balaban J connectivity index is 2.86. The maximum atomic E-state index is 10.8. The molecule has 0 saturated heterocycles. The first-order chi connectivity index (χ1) is 6.20. The summed E-state index contributed by atoms with van der Waals surface area (Å²) in [6, 6.07) is 6.83. The van der Waals surface area contributed by atoms with Crippen LogP contribution < -0.4 is 0 Å². The number of carboxylic acid groups (broad SMARTS) is 1. The Morgan fingerprint density at radius 3 is 2.77 bits per heavy atom. The molecule has 4 heteroatoms. The Bertz CT molecular complexity index is 473. The lowest BCUT2D eigenvalue weighted by atomic mass is 10.2. The van der Waals surface area contributed by atoms with E-state index in [1.807, 2.05) is 0 Å². The third-order valence-corrected chi connectivity index (χ3v) is 2.03. The fourth-order valence-electron chi connectivity index (χ4n) is 1.21. The summed E-state index contributed by atoms with van der Waals surface area (Å²) in [6.07, 6.45) is 0. The van der Waals surface area contributed by atoms with E-state index in [0.717, 1.165) is 0 Å². The summed E-state index contributed by atoms with van der Waals surface area (Å²) in [5.41, 5.74) is 0.516. The molecule has 2 aromatic rings. The largest absolute Gasteiger partial charge is 0.477 e. The number of para-hydroxylation sites is 1. The van der Waals surface area contributed by atoms with Crippen molar-refractivity contribution in [1.82, 2.24) is 0 Å². The summed E-state index contributed by atoms with van der Waals surface area (Å²) in [4.78, 5) is 10.8. The Labute approximate surface area is 78.5 Å². The second-order valence-corrected chi connectivity index (χ2v) is 2.90. The predicted molar refractivity (Wildman–Crippen MR) is 48.2 cm³/mol. The lowest BCUT2D eigenvalue weighted by molar-refractivity contribution is 0.0698. The molecule has 3 nitrogen and oxygen atoms in total. The van der Waals surface area contributed by atoms with Gasteiger partial charge in [0, 0.05) is 5.39 Å². The molecule has 13 heavy (non-hydrogen) atoms. The number of fused-ring (bicyclic) bond motifs is 1. The molecule has 1 aromatic heterocycles. The van der Waals surface area contributed by atoms with E-state index in [4.69, 9.17) is 21.1 Å². The summed E-state index contributed by atoms with van der Waals surface area (Å²) < 4.78 is 5.04. The van der Waals surface area contributed by atoms with Gasteiger partial charge < -0.3 is 9.52 Å². The SMILES string of the molecule is O=C(O)c1c(Cl)oc2ccccc12. The summed E-state index contributed by atoms with van der Waals surface area (Å²) in [6.45, 7) is 0. The van der Waals surface area contributed by atoms with Gasteiger partial charge in [0.2, 0.25) is 5.22 Å². The van der Waals surface area contributed by atoms with Gasteiger partial charge >= 0.3 is 5.97 Å². The van der Waals surface area contributed by atoms with E-state index in [-0.39, 0.29) is 10.8 Å². The minimum absolute atomic E-state index is 0.0252. The number of carbonyl (C=O) groups is 1. The fraction of sp³-hybridized carbons (Fsp3) is 0. The summed E-state index contributed by atoms with van der Waals surface area (Å²) in [7, 11) is 0. The van der Waals surface area contributed by atoms with Gasteiger partial charge in [-0.3, -0.25) is 0 Å². The van der Waals surface area contributed by atoms with Crippen molar-refractivity contribution in [2.75, 3.05) is 0 Å². The molecule has 1 heterocycles. The predicted octanol–water partition coefficient (Wildman–Crippen LogP) is 2.78. The number of rotatable bonds is 1. The van der Waals surface area contributed by atoms with Crippen LogP contribution in [0.25, 0.3) is 11.0 Å². The molecule has 1 aromatic carbocycles. The van der Waals surface area contributed by atoms with E-state index >= 15 is 0 Å². The molecule has 0 fully saturated rings. The Morgan fingerprint density at radius 2 is 2.08 bits per heavy atom. The normalized spacial score (nSPS) is 10.5. The third kappa shape index (κ3) is 1.17. The maximum absolute atomic E-state index is 10.8. The van der Waals surface area contributed by atoms with Gasteiger partial charge in [0.25, 0.3) is 0 Å². The number of hydrogen-bond donors (Lipinski definition) is 1. The van der Waals surface area contributed by atoms with Crippen molar-refractivity contribution in [3.05, 3.63) is 35.0 Å². The monoisotopic (exact) mass is 196 g/mol. The molecule has 0 amide bonds. The fourth-order valence-corrected chi connectivity index (χ4v) is 1.48. The molecule has 2 rings (SSSR count). The molecule has 0 atom stereocenters. The van der Waals surface area contributed by atoms with Gasteiger partial charge in [0.15, 0.2) is 0 Å². The number of benzene rings is 1. The summed E-state index contributed by atoms with van der Waals surface area (Å²) in [5.74, 6) is -1.07. The third-order valence-electron chi connectivity index (χ3n) is 1.77. The standard InChI is InChI=1S/C9H5ClO3/c10-8-7(9(11)12)5-3-1-2-4-6(5)13-8/h1-4H,(H,11,12). The van der Waals surface area contributed by atoms with E-state index in [1.165, 1.54) is 0 Å².